The Bertz CT molecular complexity index is 211. The van der Waals surface area contributed by atoms with Gasteiger partial charge in [-0.1, -0.05) is 19.3 Å². The van der Waals surface area contributed by atoms with Gasteiger partial charge in [-0.25, -0.2) is 0 Å². The van der Waals surface area contributed by atoms with Crippen LogP contribution < -0.4 is 5.32 Å². The van der Waals surface area contributed by atoms with Gasteiger partial charge < -0.3 is 5.32 Å². The van der Waals surface area contributed by atoms with Crippen LogP contribution in [0.2, 0.25) is 0 Å². The second kappa shape index (κ2) is 4.74. The molecule has 4 heteroatoms. The van der Waals surface area contributed by atoms with E-state index >= 15 is 0 Å². The van der Waals surface area contributed by atoms with Gasteiger partial charge in [0.1, 0.15) is 0 Å². The van der Waals surface area contributed by atoms with Crippen LogP contribution in [0.4, 0.5) is 0 Å². The summed E-state index contributed by atoms with van der Waals surface area (Å²) in [7, 11) is 0. The molecular weight excluding hydrogens is 170 g/mol. The number of carbonyl (C=O) groups is 3. The molecule has 0 aromatic rings. The number of ketones is 1. The molecule has 0 heterocycles. The van der Waals surface area contributed by atoms with Crippen LogP contribution in [0.25, 0.3) is 0 Å². The predicted octanol–water partition coefficient (Wildman–Crippen LogP) is 0.0592. The van der Waals surface area contributed by atoms with Gasteiger partial charge in [-0.15, -0.1) is 0 Å². The average Bonchev–Trinajstić information content (AvgIpc) is 2.07. The quantitative estimate of drug-likeness (QED) is 0.468. The van der Waals surface area contributed by atoms with Crippen LogP contribution in [-0.2, 0) is 14.4 Å². The van der Waals surface area contributed by atoms with Gasteiger partial charge in [0.05, 0.1) is 6.04 Å². The van der Waals surface area contributed by atoms with Gasteiger partial charge in [-0.3, -0.25) is 14.4 Å². The third kappa shape index (κ3) is 2.65. The number of nitrogens with one attached hydrogen (secondary N) is 1. The maximum absolute atomic E-state index is 11.0. The monoisotopic (exact) mass is 183 g/mol. The molecule has 0 bridgehead atoms. The highest BCUT2D eigenvalue weighted by Gasteiger charge is 2.25. The second-order valence-corrected chi connectivity index (χ2v) is 3.39. The Kier molecular flexibility index (Phi) is 3.61. The van der Waals surface area contributed by atoms with Gasteiger partial charge in [0, 0.05) is 0 Å². The molecule has 0 radical (unpaired) electrons. The topological polar surface area (TPSA) is 63.2 Å². The molecule has 1 rings (SSSR count). The number of hydrogen-bond donors (Lipinski definition) is 1. The zero-order valence-corrected chi connectivity index (χ0v) is 7.36. The lowest BCUT2D eigenvalue weighted by atomic mass is 9.80. The first-order valence-electron chi connectivity index (χ1n) is 4.46. The van der Waals surface area contributed by atoms with E-state index in [4.69, 9.17) is 0 Å². The SMILES string of the molecule is O=CNC(CC1CCC1)C(=O)C=O. The minimum Gasteiger partial charge on any atom is -0.348 e. The molecule has 0 aliphatic heterocycles. The molecule has 1 unspecified atom stereocenters. The molecule has 1 amide bonds. The molecule has 0 aromatic heterocycles. The standard InChI is InChI=1S/C9H13NO3/c11-5-9(13)8(10-6-12)4-7-2-1-3-7/h5-8H,1-4H2,(H,10,12). The van der Waals surface area contributed by atoms with Crippen LogP contribution in [-0.4, -0.2) is 24.5 Å². The van der Waals surface area contributed by atoms with Crippen molar-refractivity contribution in [2.45, 2.75) is 31.7 Å². The van der Waals surface area contributed by atoms with Crippen molar-refractivity contribution < 1.29 is 14.4 Å². The molecular formula is C9H13NO3. The molecule has 13 heavy (non-hydrogen) atoms. The summed E-state index contributed by atoms with van der Waals surface area (Å²) >= 11 is 0. The molecule has 1 atom stereocenters. The van der Waals surface area contributed by atoms with Crippen molar-refractivity contribution in [3.05, 3.63) is 0 Å². The lowest BCUT2D eigenvalue weighted by Crippen LogP contribution is -2.39. The minimum atomic E-state index is -0.597. The summed E-state index contributed by atoms with van der Waals surface area (Å²) in [6.07, 6.45) is 4.75. The molecule has 0 aromatic carbocycles. The summed E-state index contributed by atoms with van der Waals surface area (Å²) in [6, 6.07) is -0.597. The maximum atomic E-state index is 11.0. The van der Waals surface area contributed by atoms with Crippen molar-refractivity contribution in [3.8, 4) is 0 Å². The van der Waals surface area contributed by atoms with Crippen LogP contribution in [0.3, 0.4) is 0 Å². The first kappa shape index (κ1) is 9.89. The van der Waals surface area contributed by atoms with E-state index in [1.54, 1.807) is 0 Å². The van der Waals surface area contributed by atoms with Crippen LogP contribution in [0.5, 0.6) is 0 Å². The van der Waals surface area contributed by atoms with E-state index in [1.165, 1.54) is 6.42 Å². The molecule has 0 spiro atoms. The van der Waals surface area contributed by atoms with Crippen LogP contribution in [0.1, 0.15) is 25.7 Å². The van der Waals surface area contributed by atoms with Crippen molar-refractivity contribution in [2.75, 3.05) is 0 Å². The predicted molar refractivity (Wildman–Crippen MR) is 46.0 cm³/mol. The number of rotatable bonds is 6. The Hall–Kier alpha value is -1.19. The fourth-order valence-corrected chi connectivity index (χ4v) is 1.49. The zero-order valence-electron chi connectivity index (χ0n) is 7.36. The second-order valence-electron chi connectivity index (χ2n) is 3.39. The average molecular weight is 183 g/mol. The summed E-state index contributed by atoms with van der Waals surface area (Å²) in [5.74, 6) is -0.0275. The van der Waals surface area contributed by atoms with Gasteiger partial charge in [-0.05, 0) is 12.3 Å². The lowest BCUT2D eigenvalue weighted by molar-refractivity contribution is -0.132. The summed E-state index contributed by atoms with van der Waals surface area (Å²) in [5.41, 5.74) is 0. The van der Waals surface area contributed by atoms with Crippen molar-refractivity contribution in [3.63, 3.8) is 0 Å². The molecule has 1 saturated carbocycles. The number of amides is 1. The highest BCUT2D eigenvalue weighted by atomic mass is 16.2. The van der Waals surface area contributed by atoms with Gasteiger partial charge in [0.2, 0.25) is 12.2 Å². The molecule has 1 aliphatic carbocycles. The fraction of sp³-hybridized carbons (Fsp3) is 0.667. The van der Waals surface area contributed by atoms with Crippen LogP contribution in [0.15, 0.2) is 0 Å². The van der Waals surface area contributed by atoms with Crippen molar-refractivity contribution in [1.29, 1.82) is 0 Å². The van der Waals surface area contributed by atoms with Gasteiger partial charge >= 0.3 is 0 Å². The van der Waals surface area contributed by atoms with E-state index in [9.17, 15) is 14.4 Å². The Morgan fingerprint density at radius 2 is 2.15 bits per heavy atom. The number of hydrogen-bond acceptors (Lipinski definition) is 3. The van der Waals surface area contributed by atoms with E-state index in [0.717, 1.165) is 12.8 Å². The summed E-state index contributed by atoms with van der Waals surface area (Å²) in [5, 5.41) is 2.37. The summed E-state index contributed by atoms with van der Waals surface area (Å²) in [6.45, 7) is 0. The van der Waals surface area contributed by atoms with E-state index in [1.807, 2.05) is 0 Å². The lowest BCUT2D eigenvalue weighted by Gasteiger charge is -2.27. The fourth-order valence-electron chi connectivity index (χ4n) is 1.49. The van der Waals surface area contributed by atoms with Crippen LogP contribution in [0, 0.1) is 5.92 Å². The number of carbonyl (C=O) groups excluding carboxylic acids is 3. The zero-order chi connectivity index (χ0) is 9.68. The third-order valence-corrected chi connectivity index (χ3v) is 2.52. The van der Waals surface area contributed by atoms with Crippen molar-refractivity contribution in [2.24, 2.45) is 5.92 Å². The van der Waals surface area contributed by atoms with E-state index in [0.29, 0.717) is 18.7 Å². The smallest absolute Gasteiger partial charge is 0.217 e. The first-order valence-corrected chi connectivity index (χ1v) is 4.46. The van der Waals surface area contributed by atoms with E-state index in [2.05, 4.69) is 5.32 Å². The largest absolute Gasteiger partial charge is 0.348 e. The number of aldehydes is 1. The maximum Gasteiger partial charge on any atom is 0.217 e. The van der Waals surface area contributed by atoms with Crippen molar-refractivity contribution >= 4 is 18.5 Å². The molecule has 1 aliphatic rings. The van der Waals surface area contributed by atoms with Crippen molar-refractivity contribution in [1.82, 2.24) is 5.32 Å². The molecule has 4 nitrogen and oxygen atoms in total. The highest BCUT2D eigenvalue weighted by Crippen LogP contribution is 2.30. The highest BCUT2D eigenvalue weighted by molar-refractivity contribution is 6.27. The Morgan fingerprint density at radius 1 is 1.46 bits per heavy atom. The minimum absolute atomic E-state index is 0.278. The molecule has 1 N–H and O–H groups in total. The van der Waals surface area contributed by atoms with Crippen LogP contribution >= 0.6 is 0 Å². The Labute approximate surface area is 76.7 Å². The summed E-state index contributed by atoms with van der Waals surface area (Å²) < 4.78 is 0. The Morgan fingerprint density at radius 3 is 2.54 bits per heavy atom. The third-order valence-electron chi connectivity index (χ3n) is 2.52. The van der Waals surface area contributed by atoms with Gasteiger partial charge in [-0.2, -0.15) is 0 Å². The molecule has 0 saturated heterocycles. The van der Waals surface area contributed by atoms with E-state index < -0.39 is 11.8 Å². The van der Waals surface area contributed by atoms with E-state index in [-0.39, 0.29) is 6.29 Å². The number of Topliss-reactive ketones (excluding diaryl/α,β-unsaturated/α-hetero) is 1. The molecule has 1 fully saturated rings. The van der Waals surface area contributed by atoms with Gasteiger partial charge in [0.15, 0.2) is 6.29 Å². The normalized spacial score (nSPS) is 18.5. The summed E-state index contributed by atoms with van der Waals surface area (Å²) in [4.78, 5) is 31.3. The van der Waals surface area contributed by atoms with Gasteiger partial charge in [0.25, 0.3) is 0 Å². The first-order chi connectivity index (χ1) is 6.27. The Balaban J connectivity index is 2.39. The molecule has 72 valence electrons.